The van der Waals surface area contributed by atoms with Gasteiger partial charge in [0.25, 0.3) is 0 Å². The molecule has 0 fully saturated rings. The van der Waals surface area contributed by atoms with Crippen LogP contribution in [0.4, 0.5) is 0 Å². The van der Waals surface area contributed by atoms with Crippen LogP contribution in [0.2, 0.25) is 0 Å². The van der Waals surface area contributed by atoms with Gasteiger partial charge in [0.15, 0.2) is 0 Å². The van der Waals surface area contributed by atoms with E-state index in [1.165, 1.54) is 0 Å². The Morgan fingerprint density at radius 2 is 2.38 bits per heavy atom. The number of rotatable bonds is 1. The maximum atomic E-state index is 4.98. The Hall–Kier alpha value is -1.14. The first-order chi connectivity index (χ1) is 3.81. The molecule has 0 aliphatic rings. The van der Waals surface area contributed by atoms with Crippen LogP contribution in [0.3, 0.4) is 0 Å². The third-order valence-corrected chi connectivity index (χ3v) is 0.617. The van der Waals surface area contributed by atoms with E-state index in [4.69, 9.17) is 6.42 Å². The lowest BCUT2D eigenvalue weighted by Crippen LogP contribution is -1.69. The monoisotopic (exact) mass is 104 g/mol. The van der Waals surface area contributed by atoms with Gasteiger partial charge in [0.1, 0.15) is 0 Å². The highest BCUT2D eigenvalue weighted by Gasteiger charge is 1.78. The Kier molecular flexibility index (Phi) is 3.46. The minimum atomic E-state index is 0.570. The molecular formula is C8H8. The van der Waals surface area contributed by atoms with Gasteiger partial charge in [-0.1, -0.05) is 12.5 Å². The molecule has 0 aliphatic heterocycles. The fourth-order valence-corrected chi connectivity index (χ4v) is 0.344. The highest BCUT2D eigenvalue weighted by Crippen LogP contribution is 1.90. The van der Waals surface area contributed by atoms with Gasteiger partial charge in [0, 0.05) is 12.0 Å². The van der Waals surface area contributed by atoms with Crippen LogP contribution in [0.1, 0.15) is 13.3 Å². The highest BCUT2D eigenvalue weighted by atomic mass is 13.8. The van der Waals surface area contributed by atoms with E-state index in [-0.39, 0.29) is 0 Å². The third kappa shape index (κ3) is 3.07. The molecule has 8 heavy (non-hydrogen) atoms. The van der Waals surface area contributed by atoms with Crippen molar-refractivity contribution in [3.8, 4) is 24.2 Å². The molecule has 0 unspecified atom stereocenters. The van der Waals surface area contributed by atoms with Gasteiger partial charge in [0.05, 0.1) is 0 Å². The minimum absolute atomic E-state index is 0.570. The van der Waals surface area contributed by atoms with E-state index in [0.717, 1.165) is 5.57 Å². The fourth-order valence-electron chi connectivity index (χ4n) is 0.344. The predicted octanol–water partition coefficient (Wildman–Crippen LogP) is 1.59. The number of hydrogen-bond donors (Lipinski definition) is 0. The summed E-state index contributed by atoms with van der Waals surface area (Å²) in [5, 5.41) is 0. The van der Waals surface area contributed by atoms with E-state index < -0.39 is 0 Å². The van der Waals surface area contributed by atoms with Gasteiger partial charge in [-0.25, -0.2) is 0 Å². The van der Waals surface area contributed by atoms with Crippen LogP contribution < -0.4 is 0 Å². The van der Waals surface area contributed by atoms with Crippen LogP contribution in [-0.2, 0) is 0 Å². The Labute approximate surface area is 50.6 Å². The van der Waals surface area contributed by atoms with Crippen molar-refractivity contribution in [2.45, 2.75) is 13.3 Å². The van der Waals surface area contributed by atoms with Gasteiger partial charge in [-0.2, -0.15) is 0 Å². The predicted molar refractivity (Wildman–Crippen MR) is 36.0 cm³/mol. The van der Waals surface area contributed by atoms with Crippen molar-refractivity contribution in [3.63, 3.8) is 0 Å². The molecule has 0 amide bonds. The number of hydrogen-bond acceptors (Lipinski definition) is 0. The first-order valence-electron chi connectivity index (χ1n) is 2.35. The molecule has 0 spiro atoms. The summed E-state index contributed by atoms with van der Waals surface area (Å²) in [5.41, 5.74) is 0.815. The van der Waals surface area contributed by atoms with Crippen molar-refractivity contribution in [2.75, 3.05) is 0 Å². The van der Waals surface area contributed by atoms with Gasteiger partial charge in [-0.15, -0.1) is 18.3 Å². The zero-order valence-electron chi connectivity index (χ0n) is 4.99. The van der Waals surface area contributed by atoms with E-state index in [0.29, 0.717) is 6.42 Å². The van der Waals surface area contributed by atoms with E-state index in [1.54, 1.807) is 6.92 Å². The fraction of sp³-hybridized carbons (Fsp3) is 0.250. The average Bonchev–Trinajstić information content (AvgIpc) is 1.68. The smallest absolute Gasteiger partial charge is 0.0411 e. The lowest BCUT2D eigenvalue weighted by atomic mass is 10.2. The van der Waals surface area contributed by atoms with E-state index in [9.17, 15) is 0 Å². The molecule has 0 N–H and O–H groups in total. The van der Waals surface area contributed by atoms with Crippen molar-refractivity contribution >= 4 is 0 Å². The largest absolute Gasteiger partial charge is 0.120 e. The molecule has 0 aromatic carbocycles. The van der Waals surface area contributed by atoms with Crippen LogP contribution >= 0.6 is 0 Å². The van der Waals surface area contributed by atoms with Crippen LogP contribution in [0.15, 0.2) is 12.2 Å². The summed E-state index contributed by atoms with van der Waals surface area (Å²) in [5.74, 6) is 7.92. The zero-order chi connectivity index (χ0) is 6.41. The summed E-state index contributed by atoms with van der Waals surface area (Å²) in [6.45, 7) is 5.38. The number of terminal acetylenes is 1. The van der Waals surface area contributed by atoms with Gasteiger partial charge in [-0.3, -0.25) is 0 Å². The summed E-state index contributed by atoms with van der Waals surface area (Å²) in [4.78, 5) is 0. The SMILES string of the molecule is C#CCC(=C)C#CC. The van der Waals surface area contributed by atoms with Crippen LogP contribution in [0.5, 0.6) is 0 Å². The second-order valence-electron chi connectivity index (χ2n) is 1.36. The molecule has 0 nitrogen and oxygen atoms in total. The molecule has 0 atom stereocenters. The summed E-state index contributed by atoms with van der Waals surface area (Å²) in [6, 6.07) is 0. The van der Waals surface area contributed by atoms with Gasteiger partial charge in [0.2, 0.25) is 0 Å². The van der Waals surface area contributed by atoms with E-state index in [1.807, 2.05) is 0 Å². The molecule has 0 rings (SSSR count). The Morgan fingerprint density at radius 1 is 1.75 bits per heavy atom. The Balaban J connectivity index is 3.65. The van der Waals surface area contributed by atoms with Crippen molar-refractivity contribution in [3.05, 3.63) is 12.2 Å². The van der Waals surface area contributed by atoms with Gasteiger partial charge >= 0.3 is 0 Å². The lowest BCUT2D eigenvalue weighted by molar-refractivity contribution is 1.39. The summed E-state index contributed by atoms with van der Waals surface area (Å²) < 4.78 is 0. The Bertz CT molecular complexity index is 168. The van der Waals surface area contributed by atoms with E-state index in [2.05, 4.69) is 24.3 Å². The second-order valence-corrected chi connectivity index (χ2v) is 1.36. The maximum absolute atomic E-state index is 4.98. The lowest BCUT2D eigenvalue weighted by Gasteiger charge is -1.81. The third-order valence-electron chi connectivity index (χ3n) is 0.617. The molecule has 0 aromatic heterocycles. The molecule has 0 saturated heterocycles. The molecule has 0 radical (unpaired) electrons. The van der Waals surface area contributed by atoms with E-state index >= 15 is 0 Å². The average molecular weight is 104 g/mol. The normalized spacial score (nSPS) is 6.00. The molecule has 0 aromatic rings. The molecule has 0 heterocycles. The molecule has 40 valence electrons. The topological polar surface area (TPSA) is 0 Å². The summed E-state index contributed by atoms with van der Waals surface area (Å²) >= 11 is 0. The van der Waals surface area contributed by atoms with Crippen LogP contribution in [0, 0.1) is 24.2 Å². The van der Waals surface area contributed by atoms with Crippen molar-refractivity contribution in [1.82, 2.24) is 0 Å². The molecule has 0 aliphatic carbocycles. The zero-order valence-corrected chi connectivity index (χ0v) is 4.99. The van der Waals surface area contributed by atoms with Crippen molar-refractivity contribution in [1.29, 1.82) is 0 Å². The first-order valence-corrected chi connectivity index (χ1v) is 2.35. The summed E-state index contributed by atoms with van der Waals surface area (Å²) in [6.07, 6.45) is 5.55. The van der Waals surface area contributed by atoms with Crippen molar-refractivity contribution in [2.24, 2.45) is 0 Å². The summed E-state index contributed by atoms with van der Waals surface area (Å²) in [7, 11) is 0. The Morgan fingerprint density at radius 3 is 2.75 bits per heavy atom. The quantitative estimate of drug-likeness (QED) is 0.443. The molecule has 0 heteroatoms. The molecule has 0 saturated carbocycles. The maximum Gasteiger partial charge on any atom is 0.0411 e. The molecular weight excluding hydrogens is 96.1 g/mol. The van der Waals surface area contributed by atoms with Crippen LogP contribution in [0.25, 0.3) is 0 Å². The van der Waals surface area contributed by atoms with Gasteiger partial charge < -0.3 is 0 Å². The van der Waals surface area contributed by atoms with Crippen molar-refractivity contribution < 1.29 is 0 Å². The highest BCUT2D eigenvalue weighted by molar-refractivity contribution is 5.27. The van der Waals surface area contributed by atoms with Crippen LogP contribution in [-0.4, -0.2) is 0 Å². The first kappa shape index (κ1) is 6.86. The van der Waals surface area contributed by atoms with Gasteiger partial charge in [-0.05, 0) is 6.92 Å². The minimum Gasteiger partial charge on any atom is -0.120 e. The second kappa shape index (κ2) is 4.03. The number of allylic oxidation sites excluding steroid dienone is 1. The molecule has 0 bridgehead atoms. The standard InChI is InChI=1S/C8H8/c1-4-6-8(3)7-5-2/h1H,3,6H2,2H3.